The number of ether oxygens (including phenoxy) is 2. The molecule has 0 saturated heterocycles. The molecule has 0 unspecified atom stereocenters. The summed E-state index contributed by atoms with van der Waals surface area (Å²) in [5, 5.41) is 9.25. The van der Waals surface area contributed by atoms with Crippen molar-refractivity contribution in [1.82, 2.24) is 20.9 Å². The number of aromatic nitrogens is 1. The molecule has 2 rings (SSSR count). The van der Waals surface area contributed by atoms with Crippen molar-refractivity contribution in [2.75, 3.05) is 26.2 Å². The van der Waals surface area contributed by atoms with Crippen LogP contribution in [0, 0.1) is 5.92 Å². The molecule has 1 aromatic heterocycles. The third-order valence-corrected chi connectivity index (χ3v) is 4.04. The molecule has 1 aliphatic rings. The number of guanidine groups is 1. The first-order chi connectivity index (χ1) is 13.9. The van der Waals surface area contributed by atoms with Crippen molar-refractivity contribution in [2.24, 2.45) is 10.9 Å². The minimum absolute atomic E-state index is 0. The summed E-state index contributed by atoms with van der Waals surface area (Å²) in [4.78, 5) is 20.5. The minimum Gasteiger partial charge on any atom is -0.477 e. The summed E-state index contributed by atoms with van der Waals surface area (Å²) in [5.74, 6) is 2.10. The van der Waals surface area contributed by atoms with Gasteiger partial charge >= 0.3 is 6.09 Å². The number of aliphatic imine (C=N–C) groups is 1. The van der Waals surface area contributed by atoms with E-state index in [0.717, 1.165) is 31.1 Å². The van der Waals surface area contributed by atoms with E-state index >= 15 is 0 Å². The van der Waals surface area contributed by atoms with E-state index in [1.807, 2.05) is 39.8 Å². The van der Waals surface area contributed by atoms with Crippen LogP contribution in [0.15, 0.2) is 23.3 Å². The van der Waals surface area contributed by atoms with Crippen LogP contribution in [0.5, 0.6) is 5.88 Å². The van der Waals surface area contributed by atoms with Gasteiger partial charge in [0.05, 0.1) is 13.2 Å². The highest BCUT2D eigenvalue weighted by Crippen LogP contribution is 2.29. The summed E-state index contributed by atoms with van der Waals surface area (Å²) < 4.78 is 10.9. The summed E-state index contributed by atoms with van der Waals surface area (Å²) in [6.07, 6.45) is 4.65. The Balaban J connectivity index is 0.00000450. The van der Waals surface area contributed by atoms with Crippen molar-refractivity contribution in [2.45, 2.75) is 59.1 Å². The summed E-state index contributed by atoms with van der Waals surface area (Å²) in [5.41, 5.74) is 0.567. The summed E-state index contributed by atoms with van der Waals surface area (Å²) in [6, 6.07) is 3.89. The van der Waals surface area contributed by atoms with E-state index in [9.17, 15) is 4.79 Å². The molecule has 0 bridgehead atoms. The largest absolute Gasteiger partial charge is 0.477 e. The zero-order valence-electron chi connectivity index (χ0n) is 18.5. The van der Waals surface area contributed by atoms with Crippen LogP contribution in [-0.4, -0.2) is 48.9 Å². The van der Waals surface area contributed by atoms with Gasteiger partial charge in [-0.2, -0.15) is 0 Å². The predicted octanol–water partition coefficient (Wildman–Crippen LogP) is 3.46. The van der Waals surface area contributed by atoms with Crippen LogP contribution in [0.2, 0.25) is 0 Å². The van der Waals surface area contributed by atoms with E-state index < -0.39 is 11.7 Å². The van der Waals surface area contributed by atoms with Crippen molar-refractivity contribution < 1.29 is 14.3 Å². The highest BCUT2D eigenvalue weighted by molar-refractivity contribution is 14.0. The van der Waals surface area contributed by atoms with Crippen molar-refractivity contribution in [3.05, 3.63) is 23.9 Å². The Kier molecular flexibility index (Phi) is 11.8. The molecule has 170 valence electrons. The Morgan fingerprint density at radius 2 is 1.97 bits per heavy atom. The second-order valence-corrected chi connectivity index (χ2v) is 8.16. The van der Waals surface area contributed by atoms with Crippen LogP contribution >= 0.6 is 24.0 Å². The summed E-state index contributed by atoms with van der Waals surface area (Å²) >= 11 is 0. The molecule has 1 aliphatic carbocycles. The molecular formula is C21H36IN5O3. The third-order valence-electron chi connectivity index (χ3n) is 4.04. The van der Waals surface area contributed by atoms with Crippen LogP contribution in [0.25, 0.3) is 0 Å². The Labute approximate surface area is 197 Å². The standard InChI is InChI=1S/C21H35N5O3.HI/c1-5-22-19(24-10-6-11-25-20(27)29-21(2,3)4)26-14-17-9-12-23-18(13-17)28-15-16-7-8-16;/h9,12-13,16H,5-8,10-11,14-15H2,1-4H3,(H,25,27)(H2,22,24,26);1H. The van der Waals surface area contributed by atoms with Gasteiger partial charge in [0.15, 0.2) is 5.96 Å². The van der Waals surface area contributed by atoms with E-state index in [-0.39, 0.29) is 24.0 Å². The Bertz CT molecular complexity index is 675. The van der Waals surface area contributed by atoms with Gasteiger partial charge in [-0.05, 0) is 64.5 Å². The maximum Gasteiger partial charge on any atom is 0.407 e. The normalized spacial score (nSPS) is 13.8. The van der Waals surface area contributed by atoms with Crippen molar-refractivity contribution in [3.63, 3.8) is 0 Å². The lowest BCUT2D eigenvalue weighted by Crippen LogP contribution is -2.39. The van der Waals surface area contributed by atoms with Crippen LogP contribution in [0.1, 0.15) is 52.5 Å². The molecule has 1 aromatic rings. The monoisotopic (exact) mass is 533 g/mol. The molecule has 0 aromatic carbocycles. The van der Waals surface area contributed by atoms with Gasteiger partial charge in [-0.3, -0.25) is 0 Å². The van der Waals surface area contributed by atoms with Crippen LogP contribution in [-0.2, 0) is 11.3 Å². The molecular weight excluding hydrogens is 497 g/mol. The van der Waals surface area contributed by atoms with Crippen LogP contribution in [0.3, 0.4) is 0 Å². The fourth-order valence-corrected chi connectivity index (χ4v) is 2.43. The first-order valence-electron chi connectivity index (χ1n) is 10.4. The smallest absolute Gasteiger partial charge is 0.407 e. The van der Waals surface area contributed by atoms with Gasteiger partial charge in [-0.15, -0.1) is 24.0 Å². The lowest BCUT2D eigenvalue weighted by molar-refractivity contribution is 0.0527. The molecule has 1 heterocycles. The first-order valence-corrected chi connectivity index (χ1v) is 10.4. The number of alkyl carbamates (subject to hydrolysis) is 1. The first kappa shape index (κ1) is 26.3. The van der Waals surface area contributed by atoms with Crippen LogP contribution in [0.4, 0.5) is 4.79 Å². The predicted molar refractivity (Wildman–Crippen MR) is 130 cm³/mol. The fraction of sp³-hybridized carbons (Fsp3) is 0.667. The number of hydrogen-bond acceptors (Lipinski definition) is 5. The molecule has 3 N–H and O–H groups in total. The number of nitrogens with zero attached hydrogens (tertiary/aromatic N) is 2. The zero-order valence-corrected chi connectivity index (χ0v) is 20.8. The van der Waals surface area contributed by atoms with E-state index in [2.05, 4.69) is 25.9 Å². The summed E-state index contributed by atoms with van der Waals surface area (Å²) in [7, 11) is 0. The molecule has 1 fully saturated rings. The molecule has 0 spiro atoms. The number of pyridine rings is 1. The zero-order chi connectivity index (χ0) is 21.1. The highest BCUT2D eigenvalue weighted by atomic mass is 127. The molecule has 0 atom stereocenters. The lowest BCUT2D eigenvalue weighted by atomic mass is 10.2. The van der Waals surface area contributed by atoms with Crippen LogP contribution < -0.4 is 20.7 Å². The molecule has 1 saturated carbocycles. The Morgan fingerprint density at radius 3 is 2.63 bits per heavy atom. The quantitative estimate of drug-likeness (QED) is 0.185. The molecule has 0 radical (unpaired) electrons. The molecule has 9 heteroatoms. The maximum absolute atomic E-state index is 11.6. The minimum atomic E-state index is -0.483. The number of carbonyl (C=O) groups is 1. The van der Waals surface area contributed by atoms with Gasteiger partial charge in [0.2, 0.25) is 5.88 Å². The van der Waals surface area contributed by atoms with E-state index in [0.29, 0.717) is 31.4 Å². The second-order valence-electron chi connectivity index (χ2n) is 8.16. The van der Waals surface area contributed by atoms with Gasteiger partial charge in [-0.25, -0.2) is 14.8 Å². The average Bonchev–Trinajstić information content (AvgIpc) is 3.47. The van der Waals surface area contributed by atoms with Crippen molar-refractivity contribution in [3.8, 4) is 5.88 Å². The van der Waals surface area contributed by atoms with Crippen molar-refractivity contribution in [1.29, 1.82) is 0 Å². The van der Waals surface area contributed by atoms with E-state index in [1.54, 1.807) is 6.20 Å². The number of carbonyl (C=O) groups excluding carboxylic acids is 1. The molecule has 8 nitrogen and oxygen atoms in total. The second kappa shape index (κ2) is 13.5. The SMILES string of the molecule is CCNC(=NCc1ccnc(OCC2CC2)c1)NCCCNC(=O)OC(C)(C)C.I. The molecule has 0 aliphatic heterocycles. The highest BCUT2D eigenvalue weighted by Gasteiger charge is 2.22. The van der Waals surface area contributed by atoms with E-state index in [4.69, 9.17) is 9.47 Å². The van der Waals surface area contributed by atoms with Gasteiger partial charge in [0.1, 0.15) is 5.60 Å². The maximum atomic E-state index is 11.6. The van der Waals surface area contributed by atoms with Gasteiger partial charge in [0.25, 0.3) is 0 Å². The topological polar surface area (TPSA) is 96.9 Å². The number of amides is 1. The lowest BCUT2D eigenvalue weighted by Gasteiger charge is -2.19. The molecule has 30 heavy (non-hydrogen) atoms. The van der Waals surface area contributed by atoms with Crippen molar-refractivity contribution >= 4 is 36.0 Å². The third kappa shape index (κ3) is 12.0. The van der Waals surface area contributed by atoms with Gasteiger partial charge < -0.3 is 25.4 Å². The number of nitrogens with one attached hydrogen (secondary N) is 3. The Hall–Kier alpha value is -1.78. The Morgan fingerprint density at radius 1 is 1.23 bits per heavy atom. The number of halogens is 1. The number of rotatable bonds is 10. The molecule has 1 amide bonds. The number of hydrogen-bond donors (Lipinski definition) is 3. The summed E-state index contributed by atoms with van der Waals surface area (Å²) in [6.45, 7) is 10.8. The van der Waals surface area contributed by atoms with E-state index in [1.165, 1.54) is 12.8 Å². The fourth-order valence-electron chi connectivity index (χ4n) is 2.43. The average molecular weight is 533 g/mol. The van der Waals surface area contributed by atoms with Gasteiger partial charge in [0, 0.05) is 31.9 Å². The van der Waals surface area contributed by atoms with Gasteiger partial charge in [-0.1, -0.05) is 0 Å².